The third-order valence-corrected chi connectivity index (χ3v) is 2.38. The molecule has 6 nitrogen and oxygen atoms in total. The Morgan fingerprint density at radius 1 is 1.06 bits per heavy atom. The summed E-state index contributed by atoms with van der Waals surface area (Å²) < 4.78 is 0. The predicted octanol–water partition coefficient (Wildman–Crippen LogP) is -0.188. The molecule has 0 aliphatic rings. The van der Waals surface area contributed by atoms with Crippen LogP contribution in [0.25, 0.3) is 0 Å². The zero-order valence-electron chi connectivity index (χ0n) is 9.74. The zero-order chi connectivity index (χ0) is 13.5. The monoisotopic (exact) mass is 253 g/mol. The quantitative estimate of drug-likeness (QED) is 0.653. The van der Waals surface area contributed by atoms with Gasteiger partial charge in [0.25, 0.3) is 5.91 Å². The van der Waals surface area contributed by atoms with E-state index < -0.39 is 11.9 Å². The summed E-state index contributed by atoms with van der Waals surface area (Å²) in [6.07, 6.45) is 0. The molecule has 1 aromatic rings. The molecule has 0 atom stereocenters. The molecule has 0 saturated carbocycles. The summed E-state index contributed by atoms with van der Waals surface area (Å²) in [4.78, 5) is 24.1. The fourth-order valence-electron chi connectivity index (χ4n) is 1.52. The number of aromatic carboxylic acids is 1. The number of aliphatic hydroxyl groups is 2. The van der Waals surface area contributed by atoms with E-state index in [1.165, 1.54) is 29.2 Å². The minimum atomic E-state index is -1.11. The fraction of sp³-hybridized carbons (Fsp3) is 0.333. The Morgan fingerprint density at radius 3 is 2.11 bits per heavy atom. The van der Waals surface area contributed by atoms with Crippen molar-refractivity contribution in [3.8, 4) is 0 Å². The standard InChI is InChI=1S/C12H15NO5/c14-6-4-13(5-7-15)11(16)9-2-1-3-10(8-9)12(17)18/h1-3,8,14-15H,4-7H2,(H,17,18). The number of nitrogens with zero attached hydrogens (tertiary/aromatic N) is 1. The van der Waals surface area contributed by atoms with Crippen molar-refractivity contribution in [2.45, 2.75) is 0 Å². The van der Waals surface area contributed by atoms with Gasteiger partial charge < -0.3 is 20.2 Å². The number of carboxylic acids is 1. The van der Waals surface area contributed by atoms with Crippen LogP contribution in [0.5, 0.6) is 0 Å². The number of rotatable bonds is 6. The fourth-order valence-corrected chi connectivity index (χ4v) is 1.52. The largest absolute Gasteiger partial charge is 0.478 e. The first-order chi connectivity index (χ1) is 8.60. The molecule has 0 heterocycles. The van der Waals surface area contributed by atoms with Gasteiger partial charge in [-0.2, -0.15) is 0 Å². The average molecular weight is 253 g/mol. The van der Waals surface area contributed by atoms with Crippen molar-refractivity contribution in [1.29, 1.82) is 0 Å². The van der Waals surface area contributed by atoms with Crippen LogP contribution in [0, 0.1) is 0 Å². The van der Waals surface area contributed by atoms with E-state index in [-0.39, 0.29) is 37.4 Å². The summed E-state index contributed by atoms with van der Waals surface area (Å²) >= 11 is 0. The number of hydrogen-bond donors (Lipinski definition) is 3. The lowest BCUT2D eigenvalue weighted by Crippen LogP contribution is -2.35. The first kappa shape index (κ1) is 14.1. The molecule has 0 spiro atoms. The molecule has 0 aromatic heterocycles. The van der Waals surface area contributed by atoms with E-state index in [1.807, 2.05) is 0 Å². The zero-order valence-corrected chi connectivity index (χ0v) is 9.74. The van der Waals surface area contributed by atoms with Gasteiger partial charge in [0.05, 0.1) is 18.8 Å². The summed E-state index contributed by atoms with van der Waals surface area (Å²) in [7, 11) is 0. The molecule has 0 bridgehead atoms. The molecule has 18 heavy (non-hydrogen) atoms. The van der Waals surface area contributed by atoms with Crippen molar-refractivity contribution >= 4 is 11.9 Å². The van der Waals surface area contributed by atoms with Crippen molar-refractivity contribution < 1.29 is 24.9 Å². The molecule has 0 saturated heterocycles. The first-order valence-electron chi connectivity index (χ1n) is 5.44. The summed E-state index contributed by atoms with van der Waals surface area (Å²) in [5, 5.41) is 26.5. The van der Waals surface area contributed by atoms with Crippen LogP contribution in [0.1, 0.15) is 20.7 Å². The van der Waals surface area contributed by atoms with E-state index in [4.69, 9.17) is 15.3 Å². The molecule has 3 N–H and O–H groups in total. The lowest BCUT2D eigenvalue weighted by atomic mass is 10.1. The number of carboxylic acid groups (broad SMARTS) is 1. The number of carbonyl (C=O) groups is 2. The molecule has 0 fully saturated rings. The van der Waals surface area contributed by atoms with Gasteiger partial charge in [-0.1, -0.05) is 6.07 Å². The molecule has 1 amide bonds. The number of aliphatic hydroxyl groups excluding tert-OH is 2. The van der Waals surface area contributed by atoms with Crippen molar-refractivity contribution in [2.75, 3.05) is 26.3 Å². The van der Waals surface area contributed by atoms with Crippen molar-refractivity contribution in [3.05, 3.63) is 35.4 Å². The third kappa shape index (κ3) is 3.54. The average Bonchev–Trinajstić information content (AvgIpc) is 2.38. The number of carbonyl (C=O) groups excluding carboxylic acids is 1. The van der Waals surface area contributed by atoms with Gasteiger partial charge in [-0.25, -0.2) is 4.79 Å². The Kier molecular flexibility index (Phi) is 5.29. The maximum atomic E-state index is 12.0. The number of benzene rings is 1. The van der Waals surface area contributed by atoms with Gasteiger partial charge >= 0.3 is 5.97 Å². The van der Waals surface area contributed by atoms with Crippen molar-refractivity contribution in [2.24, 2.45) is 0 Å². The third-order valence-electron chi connectivity index (χ3n) is 2.38. The number of amides is 1. The second-order valence-corrected chi connectivity index (χ2v) is 3.63. The highest BCUT2D eigenvalue weighted by molar-refractivity contribution is 5.97. The predicted molar refractivity (Wildman–Crippen MR) is 63.5 cm³/mol. The second kappa shape index (κ2) is 6.73. The molecule has 6 heteroatoms. The molecule has 0 aliphatic heterocycles. The Bertz CT molecular complexity index is 426. The van der Waals surface area contributed by atoms with Gasteiger partial charge in [-0.3, -0.25) is 4.79 Å². The molecule has 1 aromatic carbocycles. The normalized spacial score (nSPS) is 10.1. The Labute approximate surface area is 104 Å². The van der Waals surface area contributed by atoms with E-state index in [2.05, 4.69) is 0 Å². The van der Waals surface area contributed by atoms with Crippen LogP contribution in [-0.4, -0.2) is 58.4 Å². The molecular formula is C12H15NO5. The van der Waals surface area contributed by atoms with Crippen LogP contribution in [-0.2, 0) is 0 Å². The molecule has 0 unspecified atom stereocenters. The highest BCUT2D eigenvalue weighted by Crippen LogP contribution is 2.08. The molecule has 98 valence electrons. The lowest BCUT2D eigenvalue weighted by molar-refractivity contribution is 0.0684. The van der Waals surface area contributed by atoms with Gasteiger partial charge in [0.15, 0.2) is 0 Å². The van der Waals surface area contributed by atoms with Crippen LogP contribution in [0.15, 0.2) is 24.3 Å². The molecule has 0 radical (unpaired) electrons. The topological polar surface area (TPSA) is 98.1 Å². The molecule has 0 aliphatic carbocycles. The van der Waals surface area contributed by atoms with Crippen LogP contribution in [0.2, 0.25) is 0 Å². The minimum absolute atomic E-state index is 0.0220. The molecule has 1 rings (SSSR count). The van der Waals surface area contributed by atoms with E-state index in [1.54, 1.807) is 0 Å². The van der Waals surface area contributed by atoms with Crippen molar-refractivity contribution in [1.82, 2.24) is 4.90 Å². The van der Waals surface area contributed by atoms with Gasteiger partial charge in [-0.05, 0) is 18.2 Å². The van der Waals surface area contributed by atoms with Gasteiger partial charge in [0, 0.05) is 18.7 Å². The highest BCUT2D eigenvalue weighted by atomic mass is 16.4. The van der Waals surface area contributed by atoms with Crippen molar-refractivity contribution in [3.63, 3.8) is 0 Å². The minimum Gasteiger partial charge on any atom is -0.478 e. The van der Waals surface area contributed by atoms with E-state index >= 15 is 0 Å². The van der Waals surface area contributed by atoms with E-state index in [9.17, 15) is 9.59 Å². The summed E-state index contributed by atoms with van der Waals surface area (Å²) in [6.45, 7) is -0.248. The van der Waals surface area contributed by atoms with Crippen LogP contribution >= 0.6 is 0 Å². The van der Waals surface area contributed by atoms with Gasteiger partial charge in [0.2, 0.25) is 0 Å². The maximum Gasteiger partial charge on any atom is 0.335 e. The molecular weight excluding hydrogens is 238 g/mol. The van der Waals surface area contributed by atoms with Crippen LogP contribution in [0.3, 0.4) is 0 Å². The number of hydrogen-bond acceptors (Lipinski definition) is 4. The van der Waals surface area contributed by atoms with Crippen LogP contribution in [0.4, 0.5) is 0 Å². The van der Waals surface area contributed by atoms with Gasteiger partial charge in [-0.15, -0.1) is 0 Å². The van der Waals surface area contributed by atoms with E-state index in [0.717, 1.165) is 0 Å². The van der Waals surface area contributed by atoms with E-state index in [0.29, 0.717) is 0 Å². The lowest BCUT2D eigenvalue weighted by Gasteiger charge is -2.20. The summed E-state index contributed by atoms with van der Waals surface area (Å²) in [5.74, 6) is -1.53. The smallest absolute Gasteiger partial charge is 0.335 e. The summed E-state index contributed by atoms with van der Waals surface area (Å²) in [5.41, 5.74) is 0.241. The van der Waals surface area contributed by atoms with Gasteiger partial charge in [0.1, 0.15) is 0 Å². The first-order valence-corrected chi connectivity index (χ1v) is 5.44. The maximum absolute atomic E-state index is 12.0. The Balaban J connectivity index is 2.93. The second-order valence-electron chi connectivity index (χ2n) is 3.63. The SMILES string of the molecule is O=C(O)c1cccc(C(=O)N(CCO)CCO)c1. The Hall–Kier alpha value is -1.92. The summed E-state index contributed by atoms with van der Waals surface area (Å²) in [6, 6.07) is 5.64. The van der Waals surface area contributed by atoms with Crippen LogP contribution < -0.4 is 0 Å². The highest BCUT2D eigenvalue weighted by Gasteiger charge is 2.16. The Morgan fingerprint density at radius 2 is 1.61 bits per heavy atom.